The number of nitrogens with zero attached hydrogens (tertiary/aromatic N) is 2. The average molecular weight is 328 g/mol. The molecular weight excluding hydrogens is 303 g/mol. The highest BCUT2D eigenvalue weighted by Crippen LogP contribution is 2.15. The number of rotatable bonds is 5. The van der Waals surface area contributed by atoms with Gasteiger partial charge in [-0.15, -0.1) is 0 Å². The van der Waals surface area contributed by atoms with Gasteiger partial charge in [0.1, 0.15) is 5.82 Å². The van der Waals surface area contributed by atoms with Crippen molar-refractivity contribution in [2.24, 2.45) is 10.7 Å². The lowest BCUT2D eigenvalue weighted by molar-refractivity contribution is 0.392. The third-order valence-electron chi connectivity index (χ3n) is 3.81. The van der Waals surface area contributed by atoms with Crippen LogP contribution >= 0.6 is 0 Å². The van der Waals surface area contributed by atoms with Gasteiger partial charge in [0.25, 0.3) is 0 Å². The Morgan fingerprint density at radius 2 is 1.88 bits per heavy atom. The summed E-state index contributed by atoms with van der Waals surface area (Å²) in [7, 11) is 3.82. The van der Waals surface area contributed by atoms with Gasteiger partial charge in [-0.25, -0.2) is 9.38 Å². The van der Waals surface area contributed by atoms with Gasteiger partial charge in [-0.1, -0.05) is 12.1 Å². The number of anilines is 1. The first-order valence-corrected chi connectivity index (χ1v) is 7.91. The van der Waals surface area contributed by atoms with Crippen LogP contribution < -0.4 is 11.1 Å². The van der Waals surface area contributed by atoms with Crippen molar-refractivity contribution in [1.82, 2.24) is 4.90 Å². The molecule has 0 aliphatic rings. The van der Waals surface area contributed by atoms with Crippen LogP contribution in [-0.2, 0) is 13.1 Å². The molecule has 0 spiro atoms. The zero-order valence-electron chi connectivity index (χ0n) is 14.7. The summed E-state index contributed by atoms with van der Waals surface area (Å²) in [5.41, 5.74) is 10.9. The first-order valence-electron chi connectivity index (χ1n) is 7.91. The van der Waals surface area contributed by atoms with E-state index in [0.29, 0.717) is 24.6 Å². The number of benzene rings is 2. The summed E-state index contributed by atoms with van der Waals surface area (Å²) < 4.78 is 13.8. The summed E-state index contributed by atoms with van der Waals surface area (Å²) in [4.78, 5) is 6.27. The zero-order valence-corrected chi connectivity index (χ0v) is 14.7. The Kier molecular flexibility index (Phi) is 5.93. The van der Waals surface area contributed by atoms with E-state index in [4.69, 9.17) is 5.73 Å². The number of halogens is 1. The smallest absolute Gasteiger partial charge is 0.193 e. The van der Waals surface area contributed by atoms with Crippen LogP contribution in [0.1, 0.15) is 22.3 Å². The lowest BCUT2D eigenvalue weighted by atomic mass is 10.1. The Morgan fingerprint density at radius 1 is 1.12 bits per heavy atom. The lowest BCUT2D eigenvalue weighted by Gasteiger charge is -2.12. The van der Waals surface area contributed by atoms with E-state index in [2.05, 4.69) is 24.2 Å². The number of aryl methyl sites for hydroxylation is 2. The van der Waals surface area contributed by atoms with Gasteiger partial charge in [-0.2, -0.15) is 0 Å². The standard InChI is InChI=1S/C19H25FN4/c1-13-5-7-17(9-14(13)2)23-19(21)22-11-15-6-8-18(20)16(10-15)12-24(3)4/h5-10H,11-12H2,1-4H3,(H3,21,22,23). The number of hydrogen-bond acceptors (Lipinski definition) is 2. The summed E-state index contributed by atoms with van der Waals surface area (Å²) in [6, 6.07) is 11.1. The Labute approximate surface area is 143 Å². The van der Waals surface area contributed by atoms with Crippen LogP contribution in [0.4, 0.5) is 10.1 Å². The minimum atomic E-state index is -0.197. The molecule has 24 heavy (non-hydrogen) atoms. The molecule has 0 unspecified atom stereocenters. The van der Waals surface area contributed by atoms with Crippen molar-refractivity contribution in [1.29, 1.82) is 0 Å². The molecule has 0 heterocycles. The van der Waals surface area contributed by atoms with Gasteiger partial charge < -0.3 is 16.0 Å². The molecule has 0 fully saturated rings. The first-order chi connectivity index (χ1) is 11.3. The number of nitrogens with two attached hydrogens (primary N) is 1. The molecule has 128 valence electrons. The third-order valence-corrected chi connectivity index (χ3v) is 3.81. The van der Waals surface area contributed by atoms with Crippen molar-refractivity contribution < 1.29 is 4.39 Å². The quantitative estimate of drug-likeness (QED) is 0.653. The summed E-state index contributed by atoms with van der Waals surface area (Å²) in [5.74, 6) is 0.148. The fraction of sp³-hybridized carbons (Fsp3) is 0.316. The van der Waals surface area contributed by atoms with Crippen LogP contribution in [0.5, 0.6) is 0 Å². The van der Waals surface area contributed by atoms with E-state index in [9.17, 15) is 4.39 Å². The third kappa shape index (κ3) is 5.06. The van der Waals surface area contributed by atoms with Gasteiger partial charge in [-0.05, 0) is 68.9 Å². The fourth-order valence-corrected chi connectivity index (χ4v) is 2.37. The summed E-state index contributed by atoms with van der Waals surface area (Å²) in [6.45, 7) is 5.08. The van der Waals surface area contributed by atoms with E-state index in [1.807, 2.05) is 43.3 Å². The van der Waals surface area contributed by atoms with E-state index in [1.54, 1.807) is 6.07 Å². The molecule has 0 aromatic heterocycles. The molecule has 0 atom stereocenters. The van der Waals surface area contributed by atoms with Gasteiger partial charge in [0.2, 0.25) is 0 Å². The molecule has 0 radical (unpaired) electrons. The molecule has 0 saturated heterocycles. The predicted molar refractivity (Wildman–Crippen MR) is 98.7 cm³/mol. The highest BCUT2D eigenvalue weighted by atomic mass is 19.1. The second-order valence-electron chi connectivity index (χ2n) is 6.29. The predicted octanol–water partition coefficient (Wildman–Crippen LogP) is 3.43. The number of aliphatic imine (C=N–C) groups is 1. The molecule has 5 heteroatoms. The van der Waals surface area contributed by atoms with Gasteiger partial charge in [0.05, 0.1) is 6.54 Å². The van der Waals surface area contributed by atoms with Gasteiger partial charge in [-0.3, -0.25) is 0 Å². The molecule has 2 rings (SSSR count). The van der Waals surface area contributed by atoms with E-state index < -0.39 is 0 Å². The van der Waals surface area contributed by atoms with E-state index in [0.717, 1.165) is 11.3 Å². The first kappa shape index (κ1) is 17.9. The molecule has 0 aliphatic heterocycles. The highest BCUT2D eigenvalue weighted by molar-refractivity contribution is 5.92. The SMILES string of the molecule is Cc1ccc(NC(N)=NCc2ccc(F)c(CN(C)C)c2)cc1C. The van der Waals surface area contributed by atoms with Gasteiger partial charge >= 0.3 is 0 Å². The fourth-order valence-electron chi connectivity index (χ4n) is 2.37. The van der Waals surface area contributed by atoms with Crippen molar-refractivity contribution in [2.75, 3.05) is 19.4 Å². The van der Waals surface area contributed by atoms with Gasteiger partial charge in [0, 0.05) is 17.8 Å². The molecule has 0 amide bonds. The normalized spacial score (nSPS) is 11.8. The number of guanidine groups is 1. The van der Waals surface area contributed by atoms with Crippen molar-refractivity contribution in [3.8, 4) is 0 Å². The highest BCUT2D eigenvalue weighted by Gasteiger charge is 2.05. The molecule has 4 nitrogen and oxygen atoms in total. The largest absolute Gasteiger partial charge is 0.370 e. The van der Waals surface area contributed by atoms with E-state index in [1.165, 1.54) is 17.2 Å². The number of nitrogens with one attached hydrogen (secondary N) is 1. The monoisotopic (exact) mass is 328 g/mol. The topological polar surface area (TPSA) is 53.6 Å². The second kappa shape index (κ2) is 7.93. The molecule has 0 bridgehead atoms. The van der Waals surface area contributed by atoms with Crippen LogP contribution in [-0.4, -0.2) is 25.0 Å². The van der Waals surface area contributed by atoms with Crippen molar-refractivity contribution >= 4 is 11.6 Å². The van der Waals surface area contributed by atoms with Crippen LogP contribution in [0.15, 0.2) is 41.4 Å². The average Bonchev–Trinajstić information content (AvgIpc) is 2.51. The maximum Gasteiger partial charge on any atom is 0.193 e. The molecule has 3 N–H and O–H groups in total. The van der Waals surface area contributed by atoms with Crippen LogP contribution in [0.2, 0.25) is 0 Å². The minimum absolute atomic E-state index is 0.197. The number of hydrogen-bond donors (Lipinski definition) is 2. The van der Waals surface area contributed by atoms with Gasteiger partial charge in [0.15, 0.2) is 5.96 Å². The molecule has 0 saturated carbocycles. The Morgan fingerprint density at radius 3 is 2.54 bits per heavy atom. The van der Waals surface area contributed by atoms with E-state index in [-0.39, 0.29) is 5.82 Å². The Balaban J connectivity index is 2.05. The maximum absolute atomic E-state index is 13.8. The van der Waals surface area contributed by atoms with Crippen LogP contribution in [0, 0.1) is 19.7 Å². The minimum Gasteiger partial charge on any atom is -0.370 e. The van der Waals surface area contributed by atoms with Crippen LogP contribution in [0.3, 0.4) is 0 Å². The Bertz CT molecular complexity index is 738. The maximum atomic E-state index is 13.8. The summed E-state index contributed by atoms with van der Waals surface area (Å²) >= 11 is 0. The molecule has 2 aromatic rings. The molecular formula is C19H25FN4. The zero-order chi connectivity index (χ0) is 17.7. The van der Waals surface area contributed by atoms with E-state index >= 15 is 0 Å². The van der Waals surface area contributed by atoms with Crippen molar-refractivity contribution in [3.63, 3.8) is 0 Å². The summed E-state index contributed by atoms with van der Waals surface area (Å²) in [5, 5.41) is 3.08. The molecule has 2 aromatic carbocycles. The van der Waals surface area contributed by atoms with Crippen LogP contribution in [0.25, 0.3) is 0 Å². The summed E-state index contributed by atoms with van der Waals surface area (Å²) in [6.07, 6.45) is 0. The second-order valence-corrected chi connectivity index (χ2v) is 6.29. The lowest BCUT2D eigenvalue weighted by Crippen LogP contribution is -2.22. The molecule has 0 aliphatic carbocycles. The van der Waals surface area contributed by atoms with Crippen molar-refractivity contribution in [3.05, 3.63) is 64.5 Å². The van der Waals surface area contributed by atoms with Crippen molar-refractivity contribution in [2.45, 2.75) is 26.9 Å². The Hall–Kier alpha value is -2.40.